The van der Waals surface area contributed by atoms with Gasteiger partial charge in [-0.1, -0.05) is 72.8 Å². The zero-order chi connectivity index (χ0) is 20.8. The lowest BCUT2D eigenvalue weighted by molar-refractivity contribution is -0.119. The van der Waals surface area contributed by atoms with Gasteiger partial charge in [-0.2, -0.15) is 0 Å². The van der Waals surface area contributed by atoms with Gasteiger partial charge >= 0.3 is 0 Å². The Labute approximate surface area is 177 Å². The van der Waals surface area contributed by atoms with Crippen LogP contribution in [-0.2, 0) is 16.6 Å². The number of anilines is 1. The van der Waals surface area contributed by atoms with Crippen molar-refractivity contribution in [3.8, 4) is 0 Å². The molecule has 3 nitrogen and oxygen atoms in total. The van der Waals surface area contributed by atoms with Crippen LogP contribution in [0, 0.1) is 0 Å². The van der Waals surface area contributed by atoms with Crippen LogP contribution in [0.3, 0.4) is 0 Å². The fourth-order valence-electron chi connectivity index (χ4n) is 3.67. The number of hydrogen-bond acceptors (Lipinski definition) is 2. The van der Waals surface area contributed by atoms with Gasteiger partial charge in [-0.15, -0.1) is 0 Å². The summed E-state index contributed by atoms with van der Waals surface area (Å²) >= 11 is 0. The summed E-state index contributed by atoms with van der Waals surface area (Å²) < 4.78 is 0. The van der Waals surface area contributed by atoms with Crippen LogP contribution < -0.4 is 5.32 Å². The van der Waals surface area contributed by atoms with E-state index in [-0.39, 0.29) is 5.91 Å². The zero-order valence-corrected chi connectivity index (χ0v) is 17.0. The number of carbonyl (C=O) groups excluding carboxylic acids is 1. The number of amides is 1. The number of aromatic nitrogens is 1. The monoisotopic (exact) mass is 392 g/mol. The topological polar surface area (TPSA) is 42.0 Å². The summed E-state index contributed by atoms with van der Waals surface area (Å²) in [7, 11) is 0. The maximum atomic E-state index is 13.5. The van der Waals surface area contributed by atoms with Crippen molar-refractivity contribution in [2.45, 2.75) is 18.8 Å². The highest BCUT2D eigenvalue weighted by Gasteiger charge is 2.37. The molecule has 1 N–H and O–H groups in total. The molecule has 1 heterocycles. The van der Waals surface area contributed by atoms with Crippen LogP contribution in [-0.4, -0.2) is 10.9 Å². The van der Waals surface area contributed by atoms with E-state index in [0.717, 1.165) is 23.2 Å². The minimum atomic E-state index is -0.793. The van der Waals surface area contributed by atoms with Crippen molar-refractivity contribution in [3.05, 3.63) is 132 Å². The number of nitrogens with zero attached hydrogens (tertiary/aromatic N) is 1. The number of hydrogen-bond donors (Lipinski definition) is 1. The molecular formula is C27H24N2O. The lowest BCUT2D eigenvalue weighted by atomic mass is 9.75. The van der Waals surface area contributed by atoms with Gasteiger partial charge in [0.25, 0.3) is 0 Å². The van der Waals surface area contributed by atoms with E-state index in [4.69, 9.17) is 0 Å². The third-order valence-electron chi connectivity index (χ3n) is 5.53. The molecule has 4 aromatic rings. The maximum absolute atomic E-state index is 13.5. The fraction of sp³-hybridized carbons (Fsp3) is 0.111. The summed E-state index contributed by atoms with van der Waals surface area (Å²) in [6.07, 6.45) is 4.44. The molecule has 30 heavy (non-hydrogen) atoms. The molecule has 0 aliphatic rings. The van der Waals surface area contributed by atoms with Gasteiger partial charge in [0.2, 0.25) is 5.91 Å². The van der Waals surface area contributed by atoms with Gasteiger partial charge < -0.3 is 5.32 Å². The predicted molar refractivity (Wildman–Crippen MR) is 121 cm³/mol. The number of nitrogens with one attached hydrogen (secondary N) is 1. The van der Waals surface area contributed by atoms with Crippen LogP contribution >= 0.6 is 0 Å². The van der Waals surface area contributed by atoms with E-state index in [1.807, 2.05) is 91.9 Å². The quantitative estimate of drug-likeness (QED) is 0.463. The largest absolute Gasteiger partial charge is 0.325 e. The Bertz CT molecular complexity index is 1050. The molecule has 4 rings (SSSR count). The predicted octanol–water partition coefficient (Wildman–Crippen LogP) is 5.62. The third kappa shape index (κ3) is 4.15. The highest BCUT2D eigenvalue weighted by atomic mass is 16.2. The van der Waals surface area contributed by atoms with Crippen molar-refractivity contribution in [3.63, 3.8) is 0 Å². The first-order valence-corrected chi connectivity index (χ1v) is 10.1. The van der Waals surface area contributed by atoms with Crippen LogP contribution in [0.5, 0.6) is 0 Å². The summed E-state index contributed by atoms with van der Waals surface area (Å²) in [5.74, 6) is -0.0539. The van der Waals surface area contributed by atoms with Gasteiger partial charge in [0.15, 0.2) is 0 Å². The average Bonchev–Trinajstić information content (AvgIpc) is 2.81. The van der Waals surface area contributed by atoms with E-state index in [1.165, 1.54) is 11.1 Å². The van der Waals surface area contributed by atoms with Crippen molar-refractivity contribution in [1.29, 1.82) is 0 Å². The molecule has 0 saturated carbocycles. The van der Waals surface area contributed by atoms with Gasteiger partial charge in [-0.25, -0.2) is 0 Å². The zero-order valence-electron chi connectivity index (χ0n) is 17.0. The van der Waals surface area contributed by atoms with Gasteiger partial charge in [-0.05, 0) is 59.9 Å². The summed E-state index contributed by atoms with van der Waals surface area (Å²) in [5.41, 5.74) is 4.32. The summed E-state index contributed by atoms with van der Waals surface area (Å²) in [4.78, 5) is 17.6. The van der Waals surface area contributed by atoms with E-state index in [2.05, 4.69) is 22.4 Å². The molecule has 0 saturated heterocycles. The minimum Gasteiger partial charge on any atom is -0.325 e. The van der Waals surface area contributed by atoms with Gasteiger partial charge in [-0.3, -0.25) is 9.78 Å². The standard InChI is InChI=1S/C27H24N2O/c1-27(23-8-4-2-5-9-23,24-10-6-3-7-11-24)26(30)29-25-14-12-21(13-15-25)20-22-16-18-28-19-17-22/h2-19H,20H2,1H3,(H,29,30). The average molecular weight is 393 g/mol. The molecule has 0 atom stereocenters. The van der Waals surface area contributed by atoms with Crippen LogP contribution in [0.25, 0.3) is 0 Å². The normalized spacial score (nSPS) is 11.1. The first-order valence-electron chi connectivity index (χ1n) is 10.1. The Morgan fingerprint density at radius 2 is 1.23 bits per heavy atom. The molecule has 3 heteroatoms. The van der Waals surface area contributed by atoms with Gasteiger partial charge in [0, 0.05) is 18.1 Å². The molecule has 0 aliphatic heterocycles. The minimum absolute atomic E-state index is 0.0539. The van der Waals surface area contributed by atoms with Crippen LogP contribution in [0.2, 0.25) is 0 Å². The van der Waals surface area contributed by atoms with Crippen molar-refractivity contribution in [2.75, 3.05) is 5.32 Å². The SMILES string of the molecule is CC(C(=O)Nc1ccc(Cc2ccncc2)cc1)(c1ccccc1)c1ccccc1. The van der Waals surface area contributed by atoms with E-state index in [1.54, 1.807) is 12.4 Å². The Kier molecular flexibility index (Phi) is 5.71. The molecule has 1 amide bonds. The second-order valence-corrected chi connectivity index (χ2v) is 7.54. The number of benzene rings is 3. The molecule has 0 unspecified atom stereocenters. The Morgan fingerprint density at radius 1 is 0.733 bits per heavy atom. The second kappa shape index (κ2) is 8.75. The molecule has 0 bridgehead atoms. The smallest absolute Gasteiger partial charge is 0.239 e. The first-order chi connectivity index (χ1) is 14.7. The third-order valence-corrected chi connectivity index (χ3v) is 5.53. The Balaban J connectivity index is 1.57. The summed E-state index contributed by atoms with van der Waals surface area (Å²) in [6.45, 7) is 1.98. The van der Waals surface area contributed by atoms with Crippen molar-refractivity contribution < 1.29 is 4.79 Å². The van der Waals surface area contributed by atoms with Crippen molar-refractivity contribution in [1.82, 2.24) is 4.98 Å². The van der Waals surface area contributed by atoms with Crippen molar-refractivity contribution >= 4 is 11.6 Å². The van der Waals surface area contributed by atoms with Crippen LogP contribution in [0.4, 0.5) is 5.69 Å². The van der Waals surface area contributed by atoms with Gasteiger partial charge in [0.05, 0.1) is 5.41 Å². The molecule has 1 aromatic heterocycles. The van der Waals surface area contributed by atoms with E-state index in [9.17, 15) is 4.79 Å². The maximum Gasteiger partial charge on any atom is 0.239 e. The lowest BCUT2D eigenvalue weighted by Crippen LogP contribution is -2.38. The van der Waals surface area contributed by atoms with Crippen molar-refractivity contribution in [2.24, 2.45) is 0 Å². The number of carbonyl (C=O) groups is 1. The second-order valence-electron chi connectivity index (χ2n) is 7.54. The number of rotatable bonds is 6. The van der Waals surface area contributed by atoms with Crippen LogP contribution in [0.15, 0.2) is 109 Å². The molecule has 0 fully saturated rings. The molecule has 0 spiro atoms. The van der Waals surface area contributed by atoms with E-state index < -0.39 is 5.41 Å². The first kappa shape index (κ1) is 19.6. The number of pyridine rings is 1. The highest BCUT2D eigenvalue weighted by Crippen LogP contribution is 2.33. The summed E-state index contributed by atoms with van der Waals surface area (Å²) in [5, 5.41) is 3.12. The molecule has 148 valence electrons. The highest BCUT2D eigenvalue weighted by molar-refractivity contribution is 6.01. The molecule has 0 aliphatic carbocycles. The molecular weight excluding hydrogens is 368 g/mol. The van der Waals surface area contributed by atoms with Crippen LogP contribution in [0.1, 0.15) is 29.2 Å². The molecule has 3 aromatic carbocycles. The Hall–Kier alpha value is -3.72. The van der Waals surface area contributed by atoms with Gasteiger partial charge in [0.1, 0.15) is 0 Å². The molecule has 0 radical (unpaired) electrons. The Morgan fingerprint density at radius 3 is 1.77 bits per heavy atom. The fourth-order valence-corrected chi connectivity index (χ4v) is 3.67. The van der Waals surface area contributed by atoms with E-state index >= 15 is 0 Å². The lowest BCUT2D eigenvalue weighted by Gasteiger charge is -2.29. The summed E-state index contributed by atoms with van der Waals surface area (Å²) in [6, 6.07) is 31.9. The van der Waals surface area contributed by atoms with E-state index in [0.29, 0.717) is 0 Å².